The fourth-order valence-corrected chi connectivity index (χ4v) is 2.58. The van der Waals surface area contributed by atoms with E-state index in [1.54, 1.807) is 13.8 Å². The van der Waals surface area contributed by atoms with Gasteiger partial charge in [0.1, 0.15) is 16.2 Å². The summed E-state index contributed by atoms with van der Waals surface area (Å²) in [6.45, 7) is 3.33. The Morgan fingerprint density at radius 1 is 1.20 bits per heavy atom. The first-order chi connectivity index (χ1) is 9.22. The van der Waals surface area contributed by atoms with E-state index < -0.39 is 15.0 Å². The molecule has 112 valence electrons. The third-order valence-corrected chi connectivity index (χ3v) is 3.66. The zero-order chi connectivity index (χ0) is 15.5. The number of methoxy groups -OCH3 is 2. The molecule has 1 aromatic rings. The van der Waals surface area contributed by atoms with Gasteiger partial charge in [0.2, 0.25) is 0 Å². The molecule has 8 heteroatoms. The quantitative estimate of drug-likeness (QED) is 0.611. The number of ether oxygens (including phenoxy) is 3. The van der Waals surface area contributed by atoms with Gasteiger partial charge in [0.15, 0.2) is 5.75 Å². The van der Waals surface area contributed by atoms with Crippen molar-refractivity contribution in [3.63, 3.8) is 0 Å². The van der Waals surface area contributed by atoms with Crippen molar-refractivity contribution in [1.82, 2.24) is 0 Å². The van der Waals surface area contributed by atoms with Crippen LogP contribution in [-0.4, -0.2) is 34.7 Å². The Balaban J connectivity index is 3.57. The van der Waals surface area contributed by atoms with Gasteiger partial charge in [-0.15, -0.1) is 0 Å². The standard InChI is InChI=1S/C12H15ClO6S/c1-7(2)19-12(14)10-8(17-3)5-6-9(11(10)18-4)20(13,15)16/h5-7H,1-4H3. The summed E-state index contributed by atoms with van der Waals surface area (Å²) in [6.07, 6.45) is -0.381. The molecule has 0 unspecified atom stereocenters. The largest absolute Gasteiger partial charge is 0.496 e. The Hall–Kier alpha value is -1.47. The summed E-state index contributed by atoms with van der Waals surface area (Å²) in [5, 5.41) is 0. The van der Waals surface area contributed by atoms with Crippen molar-refractivity contribution in [3.8, 4) is 11.5 Å². The lowest BCUT2D eigenvalue weighted by molar-refractivity contribution is 0.0370. The molecule has 1 aromatic carbocycles. The van der Waals surface area contributed by atoms with Crippen molar-refractivity contribution in [1.29, 1.82) is 0 Å². The smallest absolute Gasteiger partial charge is 0.346 e. The zero-order valence-electron chi connectivity index (χ0n) is 11.5. The molecule has 0 aromatic heterocycles. The molecular formula is C12H15ClO6S. The lowest BCUT2D eigenvalue weighted by atomic mass is 10.1. The maximum atomic E-state index is 12.1. The second-order valence-corrected chi connectivity index (χ2v) is 6.60. The topological polar surface area (TPSA) is 78.9 Å². The third kappa shape index (κ3) is 3.55. The van der Waals surface area contributed by atoms with Gasteiger partial charge >= 0.3 is 5.97 Å². The van der Waals surface area contributed by atoms with Gasteiger partial charge in [0.05, 0.1) is 20.3 Å². The highest BCUT2D eigenvalue weighted by Gasteiger charge is 2.28. The number of esters is 1. The van der Waals surface area contributed by atoms with Gasteiger partial charge in [0.25, 0.3) is 9.05 Å². The van der Waals surface area contributed by atoms with Crippen LogP contribution in [0.2, 0.25) is 0 Å². The van der Waals surface area contributed by atoms with Crippen LogP contribution in [0.25, 0.3) is 0 Å². The summed E-state index contributed by atoms with van der Waals surface area (Å²) < 4.78 is 38.1. The number of hydrogen-bond donors (Lipinski definition) is 0. The first kappa shape index (κ1) is 16.6. The molecule has 1 rings (SSSR count). The van der Waals surface area contributed by atoms with E-state index >= 15 is 0 Å². The molecule has 0 spiro atoms. The molecule has 0 amide bonds. The molecule has 6 nitrogen and oxygen atoms in total. The molecule has 0 aliphatic heterocycles. The van der Waals surface area contributed by atoms with Crippen LogP contribution in [0.1, 0.15) is 24.2 Å². The molecule has 0 saturated carbocycles. The maximum absolute atomic E-state index is 12.1. The van der Waals surface area contributed by atoms with E-state index in [-0.39, 0.29) is 28.1 Å². The minimum absolute atomic E-state index is 0.120. The van der Waals surface area contributed by atoms with Crippen LogP contribution in [-0.2, 0) is 13.8 Å². The van der Waals surface area contributed by atoms with Crippen molar-refractivity contribution >= 4 is 25.7 Å². The van der Waals surface area contributed by atoms with E-state index in [1.165, 1.54) is 26.4 Å². The van der Waals surface area contributed by atoms with Gasteiger partial charge < -0.3 is 14.2 Å². The van der Waals surface area contributed by atoms with Crippen LogP contribution in [0, 0.1) is 0 Å². The molecular weight excluding hydrogens is 308 g/mol. The first-order valence-corrected chi connectivity index (χ1v) is 7.94. The molecule has 0 heterocycles. The van der Waals surface area contributed by atoms with Crippen molar-refractivity contribution in [2.24, 2.45) is 0 Å². The van der Waals surface area contributed by atoms with Crippen LogP contribution < -0.4 is 9.47 Å². The van der Waals surface area contributed by atoms with Crippen molar-refractivity contribution in [2.45, 2.75) is 24.8 Å². The maximum Gasteiger partial charge on any atom is 0.346 e. The van der Waals surface area contributed by atoms with Gasteiger partial charge in [-0.3, -0.25) is 0 Å². The number of carbonyl (C=O) groups is 1. The molecule has 0 bridgehead atoms. The highest BCUT2D eigenvalue weighted by Crippen LogP contribution is 2.37. The molecule has 0 atom stereocenters. The Morgan fingerprint density at radius 3 is 2.20 bits per heavy atom. The van der Waals surface area contributed by atoms with E-state index in [2.05, 4.69) is 0 Å². The monoisotopic (exact) mass is 322 g/mol. The van der Waals surface area contributed by atoms with Crippen LogP contribution in [0.5, 0.6) is 11.5 Å². The average molecular weight is 323 g/mol. The fourth-order valence-electron chi connectivity index (χ4n) is 1.58. The molecule has 0 fully saturated rings. The van der Waals surface area contributed by atoms with Crippen molar-refractivity contribution in [3.05, 3.63) is 17.7 Å². The van der Waals surface area contributed by atoms with Crippen LogP contribution in [0.15, 0.2) is 17.0 Å². The van der Waals surface area contributed by atoms with E-state index in [0.29, 0.717) is 0 Å². The third-order valence-electron chi connectivity index (χ3n) is 2.32. The van der Waals surface area contributed by atoms with E-state index in [0.717, 1.165) is 0 Å². The molecule has 0 N–H and O–H groups in total. The summed E-state index contributed by atoms with van der Waals surface area (Å²) in [4.78, 5) is 11.8. The lowest BCUT2D eigenvalue weighted by Gasteiger charge is -2.16. The van der Waals surface area contributed by atoms with Crippen LogP contribution >= 0.6 is 10.7 Å². The van der Waals surface area contributed by atoms with Gasteiger partial charge in [-0.25, -0.2) is 13.2 Å². The summed E-state index contributed by atoms with van der Waals surface area (Å²) in [7, 11) is 3.82. The van der Waals surface area contributed by atoms with Crippen molar-refractivity contribution < 1.29 is 27.4 Å². The van der Waals surface area contributed by atoms with Gasteiger partial charge in [-0.1, -0.05) is 0 Å². The molecule has 0 saturated heterocycles. The molecule has 20 heavy (non-hydrogen) atoms. The predicted octanol–water partition coefficient (Wildman–Crippen LogP) is 2.20. The summed E-state index contributed by atoms with van der Waals surface area (Å²) in [6, 6.07) is 2.51. The second kappa shape index (κ2) is 6.32. The Morgan fingerprint density at radius 2 is 1.80 bits per heavy atom. The SMILES string of the molecule is COc1ccc(S(=O)(=O)Cl)c(OC)c1C(=O)OC(C)C. The highest BCUT2D eigenvalue weighted by molar-refractivity contribution is 8.13. The van der Waals surface area contributed by atoms with E-state index in [9.17, 15) is 13.2 Å². The van der Waals surface area contributed by atoms with Gasteiger partial charge in [0, 0.05) is 10.7 Å². The minimum Gasteiger partial charge on any atom is -0.496 e. The summed E-state index contributed by atoms with van der Waals surface area (Å²) in [5.41, 5.74) is -0.120. The average Bonchev–Trinajstić information content (AvgIpc) is 2.34. The minimum atomic E-state index is -4.07. The number of hydrogen-bond acceptors (Lipinski definition) is 6. The lowest BCUT2D eigenvalue weighted by Crippen LogP contribution is -2.15. The summed E-state index contributed by atoms with van der Waals surface area (Å²) >= 11 is 0. The van der Waals surface area contributed by atoms with Crippen LogP contribution in [0.4, 0.5) is 0 Å². The zero-order valence-corrected chi connectivity index (χ0v) is 13.0. The first-order valence-electron chi connectivity index (χ1n) is 5.63. The molecule has 0 aliphatic carbocycles. The molecule has 0 radical (unpaired) electrons. The Kier molecular flexibility index (Phi) is 5.24. The van der Waals surface area contributed by atoms with Gasteiger partial charge in [-0.2, -0.15) is 0 Å². The van der Waals surface area contributed by atoms with E-state index in [1.807, 2.05) is 0 Å². The number of halogens is 1. The summed E-state index contributed by atoms with van der Waals surface area (Å²) in [5.74, 6) is -0.822. The highest BCUT2D eigenvalue weighted by atomic mass is 35.7. The number of carbonyl (C=O) groups excluding carboxylic acids is 1. The normalized spacial score (nSPS) is 11.3. The fraction of sp³-hybridized carbons (Fsp3) is 0.417. The van der Waals surface area contributed by atoms with E-state index in [4.69, 9.17) is 24.9 Å². The predicted molar refractivity (Wildman–Crippen MR) is 73.1 cm³/mol. The van der Waals surface area contributed by atoms with Crippen molar-refractivity contribution in [2.75, 3.05) is 14.2 Å². The Labute approximate surface area is 122 Å². The number of rotatable bonds is 5. The second-order valence-electron chi connectivity index (χ2n) is 4.07. The number of benzene rings is 1. The van der Waals surface area contributed by atoms with Crippen LogP contribution in [0.3, 0.4) is 0 Å². The Bertz CT molecular complexity index is 609. The van der Waals surface area contributed by atoms with Gasteiger partial charge in [-0.05, 0) is 26.0 Å². The molecule has 0 aliphatic rings.